The molecule has 14 unspecified atom stereocenters. The Bertz CT molecular complexity index is 1270. The Morgan fingerprint density at radius 2 is 1.83 bits per heavy atom. The van der Waals surface area contributed by atoms with E-state index in [1.165, 1.54) is 6.92 Å². The fourth-order valence-corrected chi connectivity index (χ4v) is 13.3. The maximum Gasteiger partial charge on any atom is 0.303 e. The van der Waals surface area contributed by atoms with Gasteiger partial charge in [-0.05, 0) is 117 Å². The molecular formula is C36H58N2O9. The normalized spacial score (nSPS) is 49.2. The van der Waals surface area contributed by atoms with Crippen molar-refractivity contribution in [3.63, 3.8) is 0 Å². The molecule has 1 saturated heterocycles. The van der Waals surface area contributed by atoms with Gasteiger partial charge in [0.1, 0.15) is 12.9 Å². The van der Waals surface area contributed by atoms with Gasteiger partial charge >= 0.3 is 5.97 Å². The number of nitrogens with two attached hydrogens (primary N) is 2. The monoisotopic (exact) mass is 662 g/mol. The average molecular weight is 663 g/mol. The number of aliphatic hydroxyl groups is 2. The van der Waals surface area contributed by atoms with Crippen LogP contribution in [0, 0.1) is 44.8 Å². The van der Waals surface area contributed by atoms with Gasteiger partial charge in [0.05, 0.1) is 35.6 Å². The van der Waals surface area contributed by atoms with E-state index >= 15 is 0 Å². The molecule has 0 aromatic heterocycles. The van der Waals surface area contributed by atoms with Crippen LogP contribution in [0.4, 0.5) is 0 Å². The number of carbonyl (C=O) groups excluding carboxylic acids is 3. The molecule has 6 rings (SSSR count). The van der Waals surface area contributed by atoms with Crippen LogP contribution >= 0.6 is 0 Å². The zero-order chi connectivity index (χ0) is 34.6. The maximum atomic E-state index is 12.4. The molecule has 266 valence electrons. The fourth-order valence-electron chi connectivity index (χ4n) is 13.3. The van der Waals surface area contributed by atoms with Gasteiger partial charge in [-0.2, -0.15) is 0 Å². The first-order valence-corrected chi connectivity index (χ1v) is 17.8. The van der Waals surface area contributed by atoms with Crippen LogP contribution < -0.4 is 11.5 Å². The van der Waals surface area contributed by atoms with Crippen molar-refractivity contribution in [2.24, 2.45) is 56.3 Å². The number of rotatable bonds is 10. The summed E-state index contributed by atoms with van der Waals surface area (Å²) < 4.78 is 24.0. The third kappa shape index (κ3) is 4.45. The van der Waals surface area contributed by atoms with Crippen LogP contribution in [0.2, 0.25) is 0 Å². The molecule has 14 atom stereocenters. The lowest BCUT2D eigenvalue weighted by Crippen LogP contribution is -2.72. The van der Waals surface area contributed by atoms with Gasteiger partial charge in [-0.15, -0.1) is 0 Å². The molecule has 5 saturated carbocycles. The van der Waals surface area contributed by atoms with E-state index < -0.39 is 53.2 Å². The molecule has 2 spiro atoms. The van der Waals surface area contributed by atoms with Crippen molar-refractivity contribution >= 4 is 18.5 Å². The molecule has 6 fully saturated rings. The van der Waals surface area contributed by atoms with E-state index in [2.05, 4.69) is 27.7 Å². The molecule has 5 aliphatic carbocycles. The molecule has 0 aromatic carbocycles. The SMILES string of the molecule is CC(=O)OC(C1CC(C)C2C(O1)C(O)C1(N)C3CCC4(CN)C(C)(C)C(OC(C=O)OCC=O)CCC45CC35CCC21C)C(C)(C)O. The molecule has 6 N–H and O–H groups in total. The van der Waals surface area contributed by atoms with Gasteiger partial charge in [-0.3, -0.25) is 9.59 Å². The Labute approximate surface area is 279 Å². The van der Waals surface area contributed by atoms with Gasteiger partial charge in [0, 0.05) is 6.92 Å². The summed E-state index contributed by atoms with van der Waals surface area (Å²) in [5.74, 6) is -0.284. The number of hydrogen-bond donors (Lipinski definition) is 4. The summed E-state index contributed by atoms with van der Waals surface area (Å²) in [6.07, 6.45) is 3.63. The summed E-state index contributed by atoms with van der Waals surface area (Å²) in [4.78, 5) is 34.8. The molecule has 0 amide bonds. The van der Waals surface area contributed by atoms with Crippen LogP contribution in [-0.4, -0.2) is 89.9 Å². The topological polar surface area (TPSA) is 181 Å². The third-order valence-electron chi connectivity index (χ3n) is 15.3. The van der Waals surface area contributed by atoms with E-state index in [1.807, 2.05) is 0 Å². The summed E-state index contributed by atoms with van der Waals surface area (Å²) in [6.45, 7) is 13.7. The van der Waals surface area contributed by atoms with Crippen molar-refractivity contribution in [3.8, 4) is 0 Å². The minimum atomic E-state index is -1.33. The highest BCUT2D eigenvalue weighted by atomic mass is 16.7. The molecule has 1 aliphatic heterocycles. The Hall–Kier alpha value is -1.47. The van der Waals surface area contributed by atoms with Gasteiger partial charge in [0.25, 0.3) is 0 Å². The standard InChI is InChI=1S/C36H58N2O9/c1-20-16-22(29(31(5,6)43)45-21(2)41)46-27-26(20)32(7)12-13-33-18-34(33)11-9-24(47-25(17-40)44-15-14-39)30(3,4)35(34,19-37)10-8-23(33)36(32,38)28(27)42/h14,17,20,22-29,42-43H,8-13,15-16,18-19,37-38H2,1-7H3. The van der Waals surface area contributed by atoms with Crippen LogP contribution in [0.1, 0.15) is 99.8 Å². The second-order valence-corrected chi connectivity index (χ2v) is 17.5. The zero-order valence-corrected chi connectivity index (χ0v) is 29.3. The highest BCUT2D eigenvalue weighted by molar-refractivity contribution is 5.66. The molecule has 0 aromatic rings. The number of aliphatic hydroxyl groups excluding tert-OH is 1. The van der Waals surface area contributed by atoms with E-state index in [-0.39, 0.29) is 52.1 Å². The Balaban J connectivity index is 1.32. The highest BCUT2D eigenvalue weighted by Crippen LogP contribution is 2.90. The number of carbonyl (C=O) groups is 3. The van der Waals surface area contributed by atoms with Crippen LogP contribution in [0.3, 0.4) is 0 Å². The number of fused-ring (bicyclic) bond motifs is 4. The van der Waals surface area contributed by atoms with Gasteiger partial charge < -0.3 is 45.4 Å². The van der Waals surface area contributed by atoms with Gasteiger partial charge in [-0.1, -0.05) is 27.7 Å². The number of hydrogen-bond acceptors (Lipinski definition) is 11. The first-order chi connectivity index (χ1) is 21.9. The first kappa shape index (κ1) is 35.4. The van der Waals surface area contributed by atoms with Crippen molar-refractivity contribution in [2.75, 3.05) is 13.2 Å². The summed E-state index contributed by atoms with van der Waals surface area (Å²) >= 11 is 0. The van der Waals surface area contributed by atoms with Crippen LogP contribution in [0.15, 0.2) is 0 Å². The fraction of sp³-hybridized carbons (Fsp3) is 0.917. The average Bonchev–Trinajstić information content (AvgIpc) is 3.63. The smallest absolute Gasteiger partial charge is 0.303 e. The molecule has 6 aliphatic rings. The predicted molar refractivity (Wildman–Crippen MR) is 172 cm³/mol. The second-order valence-electron chi connectivity index (χ2n) is 17.5. The van der Waals surface area contributed by atoms with Crippen molar-refractivity contribution in [3.05, 3.63) is 0 Å². The Kier molecular flexibility index (Phi) is 8.48. The molecular weight excluding hydrogens is 604 g/mol. The molecule has 11 nitrogen and oxygen atoms in total. The van der Waals surface area contributed by atoms with E-state index in [9.17, 15) is 24.6 Å². The summed E-state index contributed by atoms with van der Waals surface area (Å²) in [5, 5.41) is 23.4. The van der Waals surface area contributed by atoms with Crippen molar-refractivity contribution in [1.82, 2.24) is 0 Å². The molecule has 11 heteroatoms. The second kappa shape index (κ2) is 11.3. The maximum absolute atomic E-state index is 12.4. The lowest BCUT2D eigenvalue weighted by atomic mass is 9.39. The number of aldehydes is 2. The van der Waals surface area contributed by atoms with E-state index in [0.717, 1.165) is 44.9 Å². The van der Waals surface area contributed by atoms with E-state index in [4.69, 9.17) is 30.4 Å². The number of ether oxygens (including phenoxy) is 4. The highest BCUT2D eigenvalue weighted by Gasteiger charge is 2.88. The molecule has 1 heterocycles. The van der Waals surface area contributed by atoms with Crippen molar-refractivity contribution in [2.45, 2.75) is 148 Å². The third-order valence-corrected chi connectivity index (χ3v) is 15.3. The van der Waals surface area contributed by atoms with Crippen LogP contribution in [-0.2, 0) is 33.3 Å². The quantitative estimate of drug-likeness (QED) is 0.153. The summed E-state index contributed by atoms with van der Waals surface area (Å²) in [7, 11) is 0. The van der Waals surface area contributed by atoms with Gasteiger partial charge in [0.2, 0.25) is 6.29 Å². The Morgan fingerprint density at radius 3 is 2.43 bits per heavy atom. The van der Waals surface area contributed by atoms with E-state index in [0.29, 0.717) is 25.5 Å². The van der Waals surface area contributed by atoms with Gasteiger partial charge in [-0.25, -0.2) is 0 Å². The summed E-state index contributed by atoms with van der Waals surface area (Å²) in [5.41, 5.74) is 11.1. The predicted octanol–water partition coefficient (Wildman–Crippen LogP) is 2.65. The zero-order valence-electron chi connectivity index (χ0n) is 29.3. The molecule has 47 heavy (non-hydrogen) atoms. The first-order valence-electron chi connectivity index (χ1n) is 17.8. The van der Waals surface area contributed by atoms with Crippen LogP contribution in [0.25, 0.3) is 0 Å². The lowest BCUT2D eigenvalue weighted by molar-refractivity contribution is -0.245. The minimum Gasteiger partial charge on any atom is -0.457 e. The van der Waals surface area contributed by atoms with E-state index in [1.54, 1.807) is 13.8 Å². The molecule has 0 radical (unpaired) electrons. The minimum absolute atomic E-state index is 0.0130. The van der Waals surface area contributed by atoms with Gasteiger partial charge in [0.15, 0.2) is 12.4 Å². The largest absolute Gasteiger partial charge is 0.457 e. The van der Waals surface area contributed by atoms with Crippen LogP contribution in [0.5, 0.6) is 0 Å². The van der Waals surface area contributed by atoms with Crippen molar-refractivity contribution < 1.29 is 43.5 Å². The summed E-state index contributed by atoms with van der Waals surface area (Å²) in [6, 6.07) is 0. The number of esters is 1. The van der Waals surface area contributed by atoms with Crippen molar-refractivity contribution in [1.29, 1.82) is 0 Å². The Morgan fingerprint density at radius 1 is 1.13 bits per heavy atom. The molecule has 0 bridgehead atoms. The lowest BCUT2D eigenvalue weighted by Gasteiger charge is -2.67.